The molecule has 2 heterocycles. The second-order valence-corrected chi connectivity index (χ2v) is 8.04. The first-order chi connectivity index (χ1) is 16.0. The van der Waals surface area contributed by atoms with Gasteiger partial charge in [0.2, 0.25) is 0 Å². The molecule has 0 fully saturated rings. The molecule has 2 aromatic heterocycles. The van der Waals surface area contributed by atoms with E-state index < -0.39 is 0 Å². The van der Waals surface area contributed by atoms with Gasteiger partial charge in [0, 0.05) is 10.9 Å². The van der Waals surface area contributed by atoms with E-state index >= 15 is 0 Å². The molecule has 5 rings (SSSR count). The fraction of sp³-hybridized carbons (Fsp3) is 0.0769. The Morgan fingerprint density at radius 1 is 1.03 bits per heavy atom. The molecule has 3 aromatic carbocycles. The summed E-state index contributed by atoms with van der Waals surface area (Å²) >= 11 is 6.48. The van der Waals surface area contributed by atoms with Crippen LogP contribution in [0.15, 0.2) is 77.4 Å². The third kappa shape index (κ3) is 4.01. The fourth-order valence-corrected chi connectivity index (χ4v) is 4.34. The van der Waals surface area contributed by atoms with Crippen LogP contribution in [0.5, 0.6) is 5.95 Å². The van der Waals surface area contributed by atoms with Gasteiger partial charge in [-0.1, -0.05) is 60.1 Å². The molecule has 0 radical (unpaired) electrons. The average Bonchev–Trinajstić information content (AvgIpc) is 3.46. The number of aromatic amines is 1. The van der Waals surface area contributed by atoms with Crippen LogP contribution in [0.3, 0.4) is 0 Å². The Morgan fingerprint density at radius 3 is 2.52 bits per heavy atom. The van der Waals surface area contributed by atoms with Crippen molar-refractivity contribution in [3.05, 3.63) is 100 Å². The summed E-state index contributed by atoms with van der Waals surface area (Å²) in [7, 11) is 0. The maximum absolute atomic E-state index is 13.8. The summed E-state index contributed by atoms with van der Waals surface area (Å²) < 4.78 is 18.5. The number of hydrogen-bond donors (Lipinski definition) is 2. The van der Waals surface area contributed by atoms with Crippen LogP contribution in [-0.2, 0) is 0 Å². The average molecular weight is 460 g/mol. The van der Waals surface area contributed by atoms with Gasteiger partial charge < -0.3 is 9.63 Å². The number of benzene rings is 3. The molecule has 0 amide bonds. The van der Waals surface area contributed by atoms with Crippen molar-refractivity contribution in [1.82, 2.24) is 15.4 Å². The molecule has 164 valence electrons. The molecule has 0 bridgehead atoms. The highest BCUT2D eigenvalue weighted by molar-refractivity contribution is 6.32. The Bertz CT molecular complexity index is 1490. The lowest BCUT2D eigenvalue weighted by Gasteiger charge is -2.18. The van der Waals surface area contributed by atoms with Crippen molar-refractivity contribution in [3.63, 3.8) is 0 Å². The van der Waals surface area contributed by atoms with Crippen LogP contribution < -0.4 is 0 Å². The predicted octanol–water partition coefficient (Wildman–Crippen LogP) is 7.09. The number of aromatic hydroxyl groups is 1. The summed E-state index contributed by atoms with van der Waals surface area (Å²) in [6.45, 7) is 2.05. The minimum absolute atomic E-state index is 0.234. The zero-order valence-electron chi connectivity index (χ0n) is 17.6. The van der Waals surface area contributed by atoms with Gasteiger partial charge >= 0.3 is 5.95 Å². The largest absolute Gasteiger partial charge is 0.479 e. The van der Waals surface area contributed by atoms with Crippen LogP contribution >= 0.6 is 11.6 Å². The van der Waals surface area contributed by atoms with Gasteiger partial charge in [-0.3, -0.25) is 5.10 Å². The normalized spacial score (nSPS) is 12.2. The minimum Gasteiger partial charge on any atom is -0.479 e. The van der Waals surface area contributed by atoms with Crippen molar-refractivity contribution in [1.29, 1.82) is 0 Å². The van der Waals surface area contributed by atoms with Crippen molar-refractivity contribution < 1.29 is 14.0 Å². The van der Waals surface area contributed by atoms with Gasteiger partial charge in [-0.15, -0.1) is 0 Å². The number of H-pyrrole nitrogens is 1. The summed E-state index contributed by atoms with van der Waals surface area (Å²) in [4.78, 5) is 0. The van der Waals surface area contributed by atoms with E-state index in [1.807, 2.05) is 36.4 Å². The first-order valence-electron chi connectivity index (χ1n) is 10.4. The standard InChI is InChI=1S/C26H19ClFN3O2/c1-2-20(21-9-8-19(28)12-22(21)27)26(17-7-10-23-18(11-17)14-29-30-23)16-5-3-15(4-6-16)24-13-25(32)33-31-24/h3-14,32H,2H2,1H3,(H,29,30)/b26-20+. The number of aromatic nitrogens is 3. The Labute approximate surface area is 194 Å². The van der Waals surface area contributed by atoms with E-state index in [2.05, 4.69) is 28.3 Å². The Hall–Kier alpha value is -3.90. The molecule has 0 saturated heterocycles. The SMILES string of the molecule is CC/C(=C(/c1ccc(-c2cc(O)on2)cc1)c1ccc2[nH]ncc2c1)c1ccc(F)cc1Cl. The summed E-state index contributed by atoms with van der Waals surface area (Å²) in [6, 6.07) is 19.9. The van der Waals surface area contributed by atoms with E-state index in [9.17, 15) is 9.50 Å². The molecule has 5 aromatic rings. The molecule has 33 heavy (non-hydrogen) atoms. The molecule has 0 atom stereocenters. The van der Waals surface area contributed by atoms with Crippen molar-refractivity contribution in [2.45, 2.75) is 13.3 Å². The predicted molar refractivity (Wildman–Crippen MR) is 127 cm³/mol. The second kappa shape index (κ2) is 8.56. The quantitative estimate of drug-likeness (QED) is 0.275. The number of nitrogens with one attached hydrogen (secondary N) is 1. The fourth-order valence-electron chi connectivity index (χ4n) is 4.06. The Kier molecular flexibility index (Phi) is 5.44. The van der Waals surface area contributed by atoms with Gasteiger partial charge in [-0.05, 0) is 58.5 Å². The highest BCUT2D eigenvalue weighted by Gasteiger charge is 2.17. The summed E-state index contributed by atoms with van der Waals surface area (Å²) in [5, 5.41) is 21.8. The van der Waals surface area contributed by atoms with Gasteiger partial charge in [0.05, 0.1) is 22.8 Å². The molecule has 0 aliphatic rings. The molecule has 0 unspecified atom stereocenters. The lowest BCUT2D eigenvalue weighted by atomic mass is 9.87. The molecular formula is C26H19ClFN3O2. The van der Waals surface area contributed by atoms with E-state index in [1.54, 1.807) is 12.3 Å². The summed E-state index contributed by atoms with van der Waals surface area (Å²) in [5.41, 5.74) is 7.02. The summed E-state index contributed by atoms with van der Waals surface area (Å²) in [5.74, 6) is -0.608. The van der Waals surface area contributed by atoms with E-state index in [4.69, 9.17) is 16.1 Å². The molecule has 2 N–H and O–H groups in total. The van der Waals surface area contributed by atoms with Crippen LogP contribution in [0.4, 0.5) is 4.39 Å². The zero-order chi connectivity index (χ0) is 22.9. The summed E-state index contributed by atoms with van der Waals surface area (Å²) in [6.07, 6.45) is 2.47. The van der Waals surface area contributed by atoms with Gasteiger partial charge in [-0.2, -0.15) is 5.10 Å². The molecule has 0 spiro atoms. The molecule has 0 saturated carbocycles. The van der Waals surface area contributed by atoms with Gasteiger partial charge in [0.15, 0.2) is 0 Å². The lowest BCUT2D eigenvalue weighted by molar-refractivity contribution is 0.278. The van der Waals surface area contributed by atoms with Gasteiger partial charge in [0.25, 0.3) is 0 Å². The maximum atomic E-state index is 13.8. The van der Waals surface area contributed by atoms with Gasteiger partial charge in [-0.25, -0.2) is 4.39 Å². The number of halogens is 2. The molecule has 7 heteroatoms. The van der Waals surface area contributed by atoms with Crippen molar-refractivity contribution in [2.75, 3.05) is 0 Å². The number of hydrogen-bond acceptors (Lipinski definition) is 4. The molecular weight excluding hydrogens is 441 g/mol. The van der Waals surface area contributed by atoms with Crippen LogP contribution in [0.2, 0.25) is 5.02 Å². The zero-order valence-corrected chi connectivity index (χ0v) is 18.4. The molecule has 0 aliphatic heterocycles. The monoisotopic (exact) mass is 459 g/mol. The minimum atomic E-state index is -0.374. The third-order valence-electron chi connectivity index (χ3n) is 5.61. The maximum Gasteiger partial charge on any atom is 0.309 e. The third-order valence-corrected chi connectivity index (χ3v) is 5.92. The number of fused-ring (bicyclic) bond motifs is 1. The van der Waals surface area contributed by atoms with Crippen LogP contribution in [-0.4, -0.2) is 20.5 Å². The Balaban J connectivity index is 1.72. The highest BCUT2D eigenvalue weighted by Crippen LogP contribution is 2.38. The van der Waals surface area contributed by atoms with Crippen LogP contribution in [0.25, 0.3) is 33.3 Å². The van der Waals surface area contributed by atoms with Crippen LogP contribution in [0.1, 0.15) is 30.0 Å². The topological polar surface area (TPSA) is 74.9 Å². The number of rotatable bonds is 5. The first-order valence-corrected chi connectivity index (χ1v) is 10.8. The van der Waals surface area contributed by atoms with E-state index in [0.29, 0.717) is 17.1 Å². The van der Waals surface area contributed by atoms with Crippen LogP contribution in [0, 0.1) is 5.82 Å². The smallest absolute Gasteiger partial charge is 0.309 e. The van der Waals surface area contributed by atoms with E-state index in [-0.39, 0.29) is 11.8 Å². The van der Waals surface area contributed by atoms with Crippen molar-refractivity contribution in [3.8, 4) is 17.2 Å². The lowest BCUT2D eigenvalue weighted by Crippen LogP contribution is -1.96. The molecule has 5 nitrogen and oxygen atoms in total. The number of nitrogens with zero attached hydrogens (tertiary/aromatic N) is 2. The van der Waals surface area contributed by atoms with E-state index in [1.165, 1.54) is 18.2 Å². The number of allylic oxidation sites excluding steroid dienone is 1. The first kappa shape index (κ1) is 21.0. The molecule has 0 aliphatic carbocycles. The highest BCUT2D eigenvalue weighted by atomic mass is 35.5. The van der Waals surface area contributed by atoms with Crippen molar-refractivity contribution in [2.24, 2.45) is 0 Å². The van der Waals surface area contributed by atoms with E-state index in [0.717, 1.165) is 44.3 Å². The second-order valence-electron chi connectivity index (χ2n) is 7.63. The Morgan fingerprint density at radius 2 is 1.82 bits per heavy atom. The van der Waals surface area contributed by atoms with Gasteiger partial charge in [0.1, 0.15) is 11.5 Å². The van der Waals surface area contributed by atoms with Crippen molar-refractivity contribution >= 4 is 33.7 Å².